The van der Waals surface area contributed by atoms with Crippen LogP contribution in [-0.2, 0) is 14.8 Å². The molecule has 1 N–H and O–H groups in total. The Morgan fingerprint density at radius 1 is 0.833 bits per heavy atom. The zero-order valence-corrected chi connectivity index (χ0v) is 20.5. The predicted octanol–water partition coefficient (Wildman–Crippen LogP) is 6.17. The van der Waals surface area contributed by atoms with Gasteiger partial charge in [-0.25, -0.2) is 8.42 Å². The lowest BCUT2D eigenvalue weighted by molar-refractivity contribution is -0.116. The third-order valence-corrected chi connectivity index (χ3v) is 7.05. The molecule has 0 radical (unpaired) electrons. The van der Waals surface area contributed by atoms with Crippen LogP contribution in [0.25, 0.3) is 21.9 Å². The van der Waals surface area contributed by atoms with Gasteiger partial charge in [0.15, 0.2) is 0 Å². The van der Waals surface area contributed by atoms with Gasteiger partial charge in [0.1, 0.15) is 28.7 Å². The molecular weight excluding hydrogens is 476 g/mol. The summed E-state index contributed by atoms with van der Waals surface area (Å²) in [4.78, 5) is 13.1. The molecule has 4 aromatic carbocycles. The van der Waals surface area contributed by atoms with Crippen LogP contribution >= 0.6 is 0 Å². The number of para-hydroxylation sites is 2. The van der Waals surface area contributed by atoms with E-state index < -0.39 is 22.0 Å². The van der Waals surface area contributed by atoms with Crippen LogP contribution in [-0.4, -0.2) is 26.6 Å². The van der Waals surface area contributed by atoms with E-state index in [1.54, 1.807) is 43.3 Å². The fourth-order valence-electron chi connectivity index (χ4n) is 4.14. The van der Waals surface area contributed by atoms with Gasteiger partial charge < -0.3 is 14.5 Å². The predicted molar refractivity (Wildman–Crippen MR) is 142 cm³/mol. The van der Waals surface area contributed by atoms with Crippen molar-refractivity contribution in [2.75, 3.05) is 15.9 Å². The zero-order chi connectivity index (χ0) is 25.3. The van der Waals surface area contributed by atoms with Crippen molar-refractivity contribution >= 4 is 49.2 Å². The number of ether oxygens (including phenoxy) is 1. The quantitative estimate of drug-likeness (QED) is 0.289. The molecule has 182 valence electrons. The maximum Gasteiger partial charge on any atom is 0.247 e. The number of furan rings is 1. The van der Waals surface area contributed by atoms with E-state index in [1.807, 2.05) is 60.7 Å². The third-order valence-electron chi connectivity index (χ3n) is 5.80. The van der Waals surface area contributed by atoms with Crippen LogP contribution in [0.5, 0.6) is 11.5 Å². The van der Waals surface area contributed by atoms with Crippen LogP contribution in [0.15, 0.2) is 101 Å². The minimum atomic E-state index is -3.77. The molecule has 1 aromatic heterocycles. The van der Waals surface area contributed by atoms with E-state index in [0.29, 0.717) is 28.5 Å². The first kappa shape index (κ1) is 23.4. The first-order chi connectivity index (χ1) is 17.3. The molecule has 8 heteroatoms. The largest absolute Gasteiger partial charge is 0.457 e. The van der Waals surface area contributed by atoms with Gasteiger partial charge in [-0.05, 0) is 61.5 Å². The molecule has 7 nitrogen and oxygen atoms in total. The number of nitrogens with zero attached hydrogens (tertiary/aromatic N) is 1. The molecule has 0 saturated carbocycles. The van der Waals surface area contributed by atoms with Gasteiger partial charge in [-0.3, -0.25) is 9.10 Å². The van der Waals surface area contributed by atoms with Crippen LogP contribution in [0, 0.1) is 0 Å². The van der Waals surface area contributed by atoms with Gasteiger partial charge in [0.25, 0.3) is 0 Å². The smallest absolute Gasteiger partial charge is 0.247 e. The van der Waals surface area contributed by atoms with Gasteiger partial charge >= 0.3 is 0 Å². The molecule has 5 rings (SSSR count). The third kappa shape index (κ3) is 4.76. The summed E-state index contributed by atoms with van der Waals surface area (Å²) in [6, 6.07) is 27.9. The number of amides is 1. The second kappa shape index (κ2) is 9.39. The van der Waals surface area contributed by atoms with E-state index in [2.05, 4.69) is 5.32 Å². The number of hydrogen-bond donors (Lipinski definition) is 1. The molecule has 0 unspecified atom stereocenters. The summed E-state index contributed by atoms with van der Waals surface area (Å²) in [7, 11) is -3.77. The Hall–Kier alpha value is -4.30. The van der Waals surface area contributed by atoms with Gasteiger partial charge in [0.05, 0.1) is 11.9 Å². The lowest BCUT2D eigenvalue weighted by Gasteiger charge is -2.28. The summed E-state index contributed by atoms with van der Waals surface area (Å²) in [6.45, 7) is 1.55. The van der Waals surface area contributed by atoms with Gasteiger partial charge in [-0.15, -0.1) is 0 Å². The molecule has 0 saturated heterocycles. The zero-order valence-electron chi connectivity index (χ0n) is 19.7. The van der Waals surface area contributed by atoms with Crippen molar-refractivity contribution in [1.82, 2.24) is 0 Å². The van der Waals surface area contributed by atoms with Gasteiger partial charge in [-0.2, -0.15) is 0 Å². The maximum atomic E-state index is 13.1. The van der Waals surface area contributed by atoms with Crippen molar-refractivity contribution in [2.24, 2.45) is 0 Å². The van der Waals surface area contributed by atoms with Crippen molar-refractivity contribution in [3.63, 3.8) is 0 Å². The molecule has 0 aliphatic carbocycles. The van der Waals surface area contributed by atoms with Crippen molar-refractivity contribution < 1.29 is 22.4 Å². The lowest BCUT2D eigenvalue weighted by Crippen LogP contribution is -2.45. The van der Waals surface area contributed by atoms with Crippen LogP contribution in [0.2, 0.25) is 0 Å². The molecule has 36 heavy (non-hydrogen) atoms. The highest BCUT2D eigenvalue weighted by atomic mass is 32.2. The number of nitrogens with one attached hydrogen (secondary N) is 1. The summed E-state index contributed by atoms with van der Waals surface area (Å²) in [5.74, 6) is 0.745. The Kier molecular flexibility index (Phi) is 6.12. The van der Waals surface area contributed by atoms with Crippen molar-refractivity contribution in [1.29, 1.82) is 0 Å². The standard InChI is InChI=1S/C28H24N2O5S/c1-19(28(31)29-20-12-17-25-24-10-6-7-11-26(24)35-27(25)18-20)30(36(2,32)33)21-13-15-23(16-14-21)34-22-8-4-3-5-9-22/h3-19H,1-2H3,(H,29,31)/t19-/m1/s1. The van der Waals surface area contributed by atoms with Gasteiger partial charge in [0.2, 0.25) is 15.9 Å². The number of hydrogen-bond acceptors (Lipinski definition) is 5. The molecule has 1 atom stereocenters. The molecule has 1 heterocycles. The summed E-state index contributed by atoms with van der Waals surface area (Å²) in [5, 5.41) is 4.74. The Morgan fingerprint density at radius 2 is 1.47 bits per heavy atom. The fraction of sp³-hybridized carbons (Fsp3) is 0.107. The molecule has 0 fully saturated rings. The normalized spacial score (nSPS) is 12.4. The number of fused-ring (bicyclic) bond motifs is 3. The summed E-state index contributed by atoms with van der Waals surface area (Å²) < 4.78 is 38.1. The Labute approximate surface area is 209 Å². The SMILES string of the molecule is C[C@H](C(=O)Nc1ccc2c(c1)oc1ccccc12)N(c1ccc(Oc2ccccc2)cc1)S(C)(=O)=O. The summed E-state index contributed by atoms with van der Waals surface area (Å²) >= 11 is 0. The van der Waals surface area contributed by atoms with Crippen molar-refractivity contribution in [2.45, 2.75) is 13.0 Å². The minimum absolute atomic E-state index is 0.355. The Bertz CT molecular complexity index is 1640. The molecule has 1 amide bonds. The van der Waals surface area contributed by atoms with E-state index in [9.17, 15) is 13.2 Å². The Morgan fingerprint density at radius 3 is 2.19 bits per heavy atom. The minimum Gasteiger partial charge on any atom is -0.457 e. The van der Waals surface area contributed by atoms with E-state index in [-0.39, 0.29) is 0 Å². The monoisotopic (exact) mass is 500 g/mol. The topological polar surface area (TPSA) is 88.8 Å². The highest BCUT2D eigenvalue weighted by molar-refractivity contribution is 7.92. The molecule has 5 aromatic rings. The first-order valence-corrected chi connectivity index (χ1v) is 13.2. The van der Waals surface area contributed by atoms with Gasteiger partial charge in [0, 0.05) is 22.5 Å². The average Bonchev–Trinajstić information content (AvgIpc) is 3.23. The fourth-order valence-corrected chi connectivity index (χ4v) is 5.32. The summed E-state index contributed by atoms with van der Waals surface area (Å²) in [5.41, 5.74) is 2.26. The molecule has 0 bridgehead atoms. The van der Waals surface area contributed by atoms with Crippen molar-refractivity contribution in [3.8, 4) is 11.5 Å². The number of sulfonamides is 1. The van der Waals surface area contributed by atoms with Crippen molar-refractivity contribution in [3.05, 3.63) is 97.1 Å². The van der Waals surface area contributed by atoms with E-state index in [0.717, 1.165) is 26.9 Å². The lowest BCUT2D eigenvalue weighted by atomic mass is 10.1. The number of carbonyl (C=O) groups excluding carboxylic acids is 1. The second-order valence-corrected chi connectivity index (χ2v) is 10.3. The molecular formula is C28H24N2O5S. The molecule has 0 aliphatic heterocycles. The number of anilines is 2. The molecule has 0 aliphatic rings. The average molecular weight is 501 g/mol. The highest BCUT2D eigenvalue weighted by Crippen LogP contribution is 2.31. The van der Waals surface area contributed by atoms with E-state index >= 15 is 0 Å². The van der Waals surface area contributed by atoms with E-state index in [4.69, 9.17) is 9.15 Å². The number of benzene rings is 4. The van der Waals surface area contributed by atoms with Crippen LogP contribution < -0.4 is 14.4 Å². The highest BCUT2D eigenvalue weighted by Gasteiger charge is 2.29. The second-order valence-electron chi connectivity index (χ2n) is 8.44. The Balaban J connectivity index is 1.36. The van der Waals surface area contributed by atoms with Crippen LogP contribution in [0.4, 0.5) is 11.4 Å². The van der Waals surface area contributed by atoms with E-state index in [1.165, 1.54) is 0 Å². The van der Waals surface area contributed by atoms with Crippen LogP contribution in [0.3, 0.4) is 0 Å². The van der Waals surface area contributed by atoms with Crippen LogP contribution in [0.1, 0.15) is 6.92 Å². The van der Waals surface area contributed by atoms with Gasteiger partial charge in [-0.1, -0.05) is 36.4 Å². The molecule has 0 spiro atoms. The maximum absolute atomic E-state index is 13.1. The number of rotatable bonds is 7. The summed E-state index contributed by atoms with van der Waals surface area (Å²) in [6.07, 6.45) is 1.08. The number of carbonyl (C=O) groups is 1. The first-order valence-electron chi connectivity index (χ1n) is 11.3.